The van der Waals surface area contributed by atoms with Crippen molar-refractivity contribution in [2.75, 3.05) is 0 Å². The Bertz CT molecular complexity index is 1940. The highest BCUT2D eigenvalue weighted by Gasteiger charge is 2.35. The molecule has 5 heteroatoms. The first-order valence-corrected chi connectivity index (χ1v) is 17.8. The molecule has 2 aromatic heterocycles. The van der Waals surface area contributed by atoms with Crippen LogP contribution in [0.15, 0.2) is 136 Å². The van der Waals surface area contributed by atoms with Gasteiger partial charge in [0.05, 0.1) is 17.1 Å². The maximum absolute atomic E-state index is 5.45. The van der Waals surface area contributed by atoms with Gasteiger partial charge < -0.3 is 0 Å². The van der Waals surface area contributed by atoms with Crippen molar-refractivity contribution in [1.29, 1.82) is 0 Å². The minimum atomic E-state index is 0.0842. The number of rotatable bonds is 7. The lowest BCUT2D eigenvalue weighted by molar-refractivity contribution is 0.553. The van der Waals surface area contributed by atoms with Gasteiger partial charge in [0, 0.05) is 52.7 Å². The number of dihydropyridines is 1. The van der Waals surface area contributed by atoms with Crippen LogP contribution in [0, 0.1) is 23.7 Å². The van der Waals surface area contributed by atoms with Gasteiger partial charge in [-0.3, -0.25) is 15.0 Å². The van der Waals surface area contributed by atoms with Crippen LogP contribution >= 0.6 is 0 Å². The number of hydrogen-bond donors (Lipinski definition) is 0. The van der Waals surface area contributed by atoms with Crippen LogP contribution in [0.3, 0.4) is 0 Å². The summed E-state index contributed by atoms with van der Waals surface area (Å²) in [5, 5.41) is 0. The summed E-state index contributed by atoms with van der Waals surface area (Å²) in [6.07, 6.45) is 40.7. The van der Waals surface area contributed by atoms with Crippen molar-refractivity contribution < 1.29 is 0 Å². The Morgan fingerprint density at radius 1 is 0.896 bits per heavy atom. The molecule has 5 unspecified atom stereocenters. The molecule has 0 spiro atoms. The van der Waals surface area contributed by atoms with E-state index in [1.807, 2.05) is 12.3 Å². The molecule has 4 aliphatic carbocycles. The Morgan fingerprint density at radius 2 is 1.77 bits per heavy atom. The molecule has 4 heterocycles. The summed E-state index contributed by atoms with van der Waals surface area (Å²) < 4.78 is 0. The van der Waals surface area contributed by atoms with Crippen LogP contribution in [0.1, 0.15) is 70.3 Å². The molecular weight excluding hydrogens is 587 g/mol. The normalized spacial score (nSPS) is 27.5. The Balaban J connectivity index is 1.10. The van der Waals surface area contributed by atoms with E-state index in [1.54, 1.807) is 6.20 Å². The van der Waals surface area contributed by atoms with Crippen molar-refractivity contribution in [1.82, 2.24) is 15.0 Å². The smallest absolute Gasteiger partial charge is 0.160 e. The lowest BCUT2D eigenvalue weighted by Gasteiger charge is -2.35. The van der Waals surface area contributed by atoms with Gasteiger partial charge in [-0.15, -0.1) is 0 Å². The molecule has 0 radical (unpaired) electrons. The highest BCUT2D eigenvalue weighted by atomic mass is 14.9. The van der Waals surface area contributed by atoms with E-state index in [1.165, 1.54) is 33.8 Å². The molecule has 2 aliphatic heterocycles. The van der Waals surface area contributed by atoms with E-state index in [4.69, 9.17) is 20.0 Å². The van der Waals surface area contributed by atoms with Crippen molar-refractivity contribution in [2.45, 2.75) is 64.8 Å². The SMILES string of the molecule is CCC1=NC2=C(C=CC3C=CC(C4C=C(C5C=C(c6nc(C7=CC=CCC7)cc(-c7cccnc7)n6)C=CC5)C=CC4)=NC23)C(CC)C1. The van der Waals surface area contributed by atoms with E-state index in [-0.39, 0.29) is 23.8 Å². The van der Waals surface area contributed by atoms with Gasteiger partial charge >= 0.3 is 0 Å². The molecule has 0 fully saturated rings. The predicted octanol–water partition coefficient (Wildman–Crippen LogP) is 9.83. The monoisotopic (exact) mass is 629 g/mol. The highest BCUT2D eigenvalue weighted by molar-refractivity contribution is 5.99. The number of nitrogens with zero attached hydrogens (tertiary/aromatic N) is 5. The maximum Gasteiger partial charge on any atom is 0.160 e. The van der Waals surface area contributed by atoms with Crippen molar-refractivity contribution >= 4 is 22.6 Å². The fourth-order valence-electron chi connectivity index (χ4n) is 7.82. The average Bonchev–Trinajstić information content (AvgIpc) is 3.17. The largest absolute Gasteiger partial charge is 0.278 e. The molecule has 240 valence electrons. The van der Waals surface area contributed by atoms with Crippen molar-refractivity contribution in [3.63, 3.8) is 0 Å². The lowest BCUT2D eigenvalue weighted by atomic mass is 9.77. The first-order valence-electron chi connectivity index (χ1n) is 17.8. The van der Waals surface area contributed by atoms with Gasteiger partial charge in [0.25, 0.3) is 0 Å². The molecule has 8 rings (SSSR count). The molecule has 5 nitrogen and oxygen atoms in total. The van der Waals surface area contributed by atoms with Gasteiger partial charge in [0.2, 0.25) is 0 Å². The molecular formula is C43H43N5. The predicted molar refractivity (Wildman–Crippen MR) is 198 cm³/mol. The highest BCUT2D eigenvalue weighted by Crippen LogP contribution is 2.41. The van der Waals surface area contributed by atoms with Gasteiger partial charge in [0.15, 0.2) is 5.82 Å². The zero-order chi connectivity index (χ0) is 32.5. The van der Waals surface area contributed by atoms with Crippen LogP contribution in [0.5, 0.6) is 0 Å². The molecule has 0 amide bonds. The van der Waals surface area contributed by atoms with Crippen LogP contribution in [0.2, 0.25) is 0 Å². The number of hydrogen-bond acceptors (Lipinski definition) is 5. The Kier molecular flexibility index (Phi) is 8.52. The van der Waals surface area contributed by atoms with E-state index in [2.05, 4.69) is 110 Å². The maximum atomic E-state index is 5.45. The Hall–Kier alpha value is -4.77. The third kappa shape index (κ3) is 6.03. The summed E-state index contributed by atoms with van der Waals surface area (Å²) in [5.74, 6) is 2.12. The summed E-state index contributed by atoms with van der Waals surface area (Å²) in [4.78, 5) is 25.2. The van der Waals surface area contributed by atoms with Gasteiger partial charge in [-0.1, -0.05) is 86.8 Å². The van der Waals surface area contributed by atoms with Crippen molar-refractivity contribution in [2.24, 2.45) is 33.7 Å². The summed E-state index contributed by atoms with van der Waals surface area (Å²) in [6.45, 7) is 4.54. The zero-order valence-corrected chi connectivity index (χ0v) is 28.0. The Morgan fingerprint density at radius 3 is 2.60 bits per heavy atom. The average molecular weight is 630 g/mol. The number of allylic oxidation sites excluding steroid dienone is 15. The van der Waals surface area contributed by atoms with E-state index in [0.29, 0.717) is 5.92 Å². The van der Waals surface area contributed by atoms with Gasteiger partial charge in [0.1, 0.15) is 6.04 Å². The Labute approximate surface area is 284 Å². The minimum absolute atomic E-state index is 0.0842. The van der Waals surface area contributed by atoms with Crippen LogP contribution in [0.4, 0.5) is 0 Å². The van der Waals surface area contributed by atoms with E-state index in [0.717, 1.165) is 73.3 Å². The number of fused-ring (bicyclic) bond motifs is 2. The van der Waals surface area contributed by atoms with Crippen LogP contribution in [0.25, 0.3) is 22.4 Å². The molecule has 48 heavy (non-hydrogen) atoms. The summed E-state index contributed by atoms with van der Waals surface area (Å²) >= 11 is 0. The fourth-order valence-corrected chi connectivity index (χ4v) is 7.82. The number of pyridine rings is 1. The second-order valence-corrected chi connectivity index (χ2v) is 13.6. The molecule has 0 N–H and O–H groups in total. The fraction of sp³-hybridized carbons (Fsp3) is 0.326. The van der Waals surface area contributed by atoms with E-state index < -0.39 is 0 Å². The third-order valence-corrected chi connectivity index (χ3v) is 10.6. The molecule has 0 saturated heterocycles. The first kappa shape index (κ1) is 30.6. The second-order valence-electron chi connectivity index (χ2n) is 13.6. The lowest BCUT2D eigenvalue weighted by Crippen LogP contribution is -2.31. The van der Waals surface area contributed by atoms with Crippen molar-refractivity contribution in [3.8, 4) is 11.3 Å². The second kappa shape index (κ2) is 13.4. The third-order valence-electron chi connectivity index (χ3n) is 10.6. The standard InChI is InChI=1S/C43H43N5/c1-3-28-25-36(4-2)45-42-37(28)20-18-30-19-21-38(46-41(30)42)33-15-8-13-31(23-33)32-14-9-16-34(24-32)43-47-39(29-11-6-5-7-12-29)26-40(48-43)35-17-10-22-44-27-35/h5-6,8-11,13,16-24,26-28,30,32-33,41H,3-4,7,12,14-15,25H2,1-2H3. The van der Waals surface area contributed by atoms with Gasteiger partial charge in [-0.25, -0.2) is 9.97 Å². The van der Waals surface area contributed by atoms with Crippen LogP contribution < -0.4 is 0 Å². The summed E-state index contributed by atoms with van der Waals surface area (Å²) in [6, 6.07) is 6.23. The number of aliphatic imine (C=N–C) groups is 2. The molecule has 0 saturated carbocycles. The molecule has 0 bridgehead atoms. The first-order chi connectivity index (χ1) is 23.7. The topological polar surface area (TPSA) is 63.4 Å². The van der Waals surface area contributed by atoms with Crippen LogP contribution in [-0.2, 0) is 0 Å². The van der Waals surface area contributed by atoms with Gasteiger partial charge in [-0.2, -0.15) is 0 Å². The van der Waals surface area contributed by atoms with E-state index in [9.17, 15) is 0 Å². The van der Waals surface area contributed by atoms with Crippen LogP contribution in [-0.4, -0.2) is 32.4 Å². The summed E-state index contributed by atoms with van der Waals surface area (Å²) in [7, 11) is 0. The molecule has 0 aromatic carbocycles. The van der Waals surface area contributed by atoms with Crippen molar-refractivity contribution in [3.05, 3.63) is 138 Å². The number of aromatic nitrogens is 3. The summed E-state index contributed by atoms with van der Waals surface area (Å²) in [5.41, 5.74) is 11.7. The zero-order valence-electron chi connectivity index (χ0n) is 28.0. The molecule has 6 aliphatic rings. The van der Waals surface area contributed by atoms with E-state index >= 15 is 0 Å². The molecule has 5 atom stereocenters. The molecule has 2 aromatic rings. The minimum Gasteiger partial charge on any atom is -0.278 e. The quantitative estimate of drug-likeness (QED) is 0.306. The van der Waals surface area contributed by atoms with Gasteiger partial charge in [-0.05, 0) is 91.9 Å².